The number of hydrogen-bond acceptors (Lipinski definition) is 5. The van der Waals surface area contributed by atoms with Gasteiger partial charge in [-0.3, -0.25) is 14.6 Å². The van der Waals surface area contributed by atoms with E-state index in [1.54, 1.807) is 19.2 Å². The summed E-state index contributed by atoms with van der Waals surface area (Å²) in [6.07, 6.45) is -0.00565. The molecule has 1 heterocycles. The number of nitrogens with one attached hydrogen (secondary N) is 1. The van der Waals surface area contributed by atoms with Crippen molar-refractivity contribution in [2.45, 2.75) is 11.7 Å². The van der Waals surface area contributed by atoms with E-state index >= 15 is 0 Å². The number of thioether (sulfide) groups is 1. The Bertz CT molecular complexity index is 945. The molecule has 1 aliphatic rings. The number of carboxylic acid groups (broad SMARTS) is 1. The quantitative estimate of drug-likeness (QED) is 0.464. The maximum absolute atomic E-state index is 13.0. The van der Waals surface area contributed by atoms with E-state index in [-0.39, 0.29) is 23.7 Å². The van der Waals surface area contributed by atoms with E-state index in [0.717, 1.165) is 16.7 Å². The minimum absolute atomic E-state index is 0.00565. The molecule has 3 rings (SSSR count). The van der Waals surface area contributed by atoms with Gasteiger partial charge in [0, 0.05) is 19.2 Å². The number of amidine groups is 1. The van der Waals surface area contributed by atoms with Crippen molar-refractivity contribution < 1.29 is 23.9 Å². The van der Waals surface area contributed by atoms with Gasteiger partial charge in [0.05, 0.1) is 11.3 Å². The molecular formula is C19H16FN3O4S. The Hall–Kier alpha value is -3.20. The number of rotatable bonds is 4. The summed E-state index contributed by atoms with van der Waals surface area (Å²) in [5.41, 5.74) is 0.995. The molecule has 1 saturated heterocycles. The Morgan fingerprint density at radius 3 is 2.39 bits per heavy atom. The smallest absolute Gasteiger partial charge is 0.335 e. The van der Waals surface area contributed by atoms with Crippen LogP contribution in [-0.4, -0.2) is 40.4 Å². The summed E-state index contributed by atoms with van der Waals surface area (Å²) in [7, 11) is 1.54. The second-order valence-corrected chi connectivity index (χ2v) is 7.08. The second kappa shape index (κ2) is 8.22. The molecule has 2 amide bonds. The van der Waals surface area contributed by atoms with Gasteiger partial charge >= 0.3 is 5.97 Å². The molecule has 28 heavy (non-hydrogen) atoms. The minimum Gasteiger partial charge on any atom is -0.478 e. The molecule has 0 spiro atoms. The molecule has 1 aliphatic heterocycles. The minimum atomic E-state index is -1.09. The van der Waals surface area contributed by atoms with Crippen LogP contribution in [-0.2, 0) is 9.59 Å². The van der Waals surface area contributed by atoms with Crippen molar-refractivity contribution in [3.8, 4) is 0 Å². The third-order valence-corrected chi connectivity index (χ3v) is 5.19. The van der Waals surface area contributed by atoms with Crippen molar-refractivity contribution in [2.24, 2.45) is 4.99 Å². The molecule has 0 bridgehead atoms. The lowest BCUT2D eigenvalue weighted by Gasteiger charge is -2.16. The SMILES string of the molecule is CN=C(Nc1ccc(F)cc1)SC1CC(=O)N(c2ccc(C(=O)O)cc2)C1=O. The Morgan fingerprint density at radius 1 is 1.18 bits per heavy atom. The van der Waals surface area contributed by atoms with Crippen LogP contribution in [0, 0.1) is 5.82 Å². The van der Waals surface area contributed by atoms with E-state index in [1.165, 1.54) is 36.4 Å². The largest absolute Gasteiger partial charge is 0.478 e. The van der Waals surface area contributed by atoms with Gasteiger partial charge in [-0.05, 0) is 48.5 Å². The number of carbonyl (C=O) groups is 3. The fourth-order valence-corrected chi connectivity index (χ4v) is 3.63. The highest BCUT2D eigenvalue weighted by atomic mass is 32.2. The van der Waals surface area contributed by atoms with Crippen LogP contribution < -0.4 is 10.2 Å². The second-order valence-electron chi connectivity index (χ2n) is 5.89. The molecule has 0 aromatic heterocycles. The number of halogens is 1. The number of anilines is 2. The summed E-state index contributed by atoms with van der Waals surface area (Å²) in [6.45, 7) is 0. The van der Waals surface area contributed by atoms with Gasteiger partial charge in [-0.2, -0.15) is 0 Å². The predicted octanol–water partition coefficient (Wildman–Crippen LogP) is 2.99. The molecular weight excluding hydrogens is 385 g/mol. The van der Waals surface area contributed by atoms with E-state index in [4.69, 9.17) is 5.11 Å². The average molecular weight is 401 g/mol. The highest BCUT2D eigenvalue weighted by Gasteiger charge is 2.40. The maximum Gasteiger partial charge on any atom is 0.335 e. The topological polar surface area (TPSA) is 99.1 Å². The van der Waals surface area contributed by atoms with Gasteiger partial charge in [0.2, 0.25) is 11.8 Å². The van der Waals surface area contributed by atoms with Crippen molar-refractivity contribution in [1.29, 1.82) is 0 Å². The number of carbonyl (C=O) groups excluding carboxylic acids is 2. The van der Waals surface area contributed by atoms with Gasteiger partial charge < -0.3 is 10.4 Å². The molecule has 1 unspecified atom stereocenters. The van der Waals surface area contributed by atoms with Crippen molar-refractivity contribution in [3.63, 3.8) is 0 Å². The number of aromatic carboxylic acids is 1. The lowest BCUT2D eigenvalue weighted by atomic mass is 10.2. The van der Waals surface area contributed by atoms with Gasteiger partial charge in [-0.15, -0.1) is 0 Å². The van der Waals surface area contributed by atoms with Gasteiger partial charge in [0.15, 0.2) is 5.17 Å². The Balaban J connectivity index is 1.71. The van der Waals surface area contributed by atoms with Crippen LogP contribution in [0.25, 0.3) is 0 Å². The summed E-state index contributed by atoms with van der Waals surface area (Å²) in [5.74, 6) is -2.23. The molecule has 9 heteroatoms. The van der Waals surface area contributed by atoms with Gasteiger partial charge in [0.25, 0.3) is 0 Å². The van der Waals surface area contributed by atoms with Crippen LogP contribution in [0.5, 0.6) is 0 Å². The fourth-order valence-electron chi connectivity index (χ4n) is 2.65. The Kier molecular flexibility index (Phi) is 5.74. The van der Waals surface area contributed by atoms with Crippen molar-refractivity contribution >= 4 is 46.1 Å². The monoisotopic (exact) mass is 401 g/mol. The van der Waals surface area contributed by atoms with Gasteiger partial charge in [0.1, 0.15) is 11.1 Å². The first kappa shape index (κ1) is 19.6. The van der Waals surface area contributed by atoms with Crippen LogP contribution in [0.1, 0.15) is 16.8 Å². The zero-order chi connectivity index (χ0) is 20.3. The molecule has 1 fully saturated rings. The molecule has 0 radical (unpaired) electrons. The number of amides is 2. The van der Waals surface area contributed by atoms with Crippen LogP contribution in [0.2, 0.25) is 0 Å². The maximum atomic E-state index is 13.0. The zero-order valence-corrected chi connectivity index (χ0v) is 15.6. The van der Waals surface area contributed by atoms with Crippen LogP contribution in [0.4, 0.5) is 15.8 Å². The first-order valence-corrected chi connectivity index (χ1v) is 9.13. The fraction of sp³-hybridized carbons (Fsp3) is 0.158. The van der Waals surface area contributed by atoms with Crippen molar-refractivity contribution in [1.82, 2.24) is 0 Å². The molecule has 1 atom stereocenters. The molecule has 0 saturated carbocycles. The van der Waals surface area contributed by atoms with Gasteiger partial charge in [-0.1, -0.05) is 11.8 Å². The lowest BCUT2D eigenvalue weighted by molar-refractivity contribution is -0.121. The highest BCUT2D eigenvalue weighted by Crippen LogP contribution is 2.31. The van der Waals surface area contributed by atoms with E-state index < -0.39 is 17.1 Å². The highest BCUT2D eigenvalue weighted by molar-refractivity contribution is 8.15. The average Bonchev–Trinajstić information content (AvgIpc) is 2.96. The van der Waals surface area contributed by atoms with E-state index in [1.807, 2.05) is 0 Å². The Morgan fingerprint density at radius 2 is 1.82 bits per heavy atom. The van der Waals surface area contributed by atoms with E-state index in [9.17, 15) is 18.8 Å². The number of aliphatic imine (C=N–C) groups is 1. The van der Waals surface area contributed by atoms with Crippen molar-refractivity contribution in [2.75, 3.05) is 17.3 Å². The first-order chi connectivity index (χ1) is 13.4. The number of hydrogen-bond donors (Lipinski definition) is 2. The van der Waals surface area contributed by atoms with Gasteiger partial charge in [-0.25, -0.2) is 14.1 Å². The number of carboxylic acids is 1. The van der Waals surface area contributed by atoms with E-state index in [0.29, 0.717) is 16.5 Å². The van der Waals surface area contributed by atoms with Crippen LogP contribution in [0.15, 0.2) is 53.5 Å². The summed E-state index contributed by atoms with van der Waals surface area (Å²) in [4.78, 5) is 41.2. The number of nitrogens with zero attached hydrogens (tertiary/aromatic N) is 2. The third kappa shape index (κ3) is 4.20. The number of benzene rings is 2. The summed E-state index contributed by atoms with van der Waals surface area (Å²) >= 11 is 1.11. The molecule has 7 nitrogen and oxygen atoms in total. The third-order valence-electron chi connectivity index (χ3n) is 4.03. The Labute approximate surface area is 164 Å². The van der Waals surface area contributed by atoms with Crippen LogP contribution in [0.3, 0.4) is 0 Å². The van der Waals surface area contributed by atoms with Crippen LogP contribution >= 0.6 is 11.8 Å². The molecule has 2 aromatic rings. The molecule has 2 aromatic carbocycles. The summed E-state index contributed by atoms with van der Waals surface area (Å²) in [5, 5.41) is 11.7. The summed E-state index contributed by atoms with van der Waals surface area (Å²) < 4.78 is 13.0. The first-order valence-electron chi connectivity index (χ1n) is 8.25. The molecule has 144 valence electrons. The standard InChI is InChI=1S/C19H16FN3O4S/c1-21-19(22-13-6-4-12(20)5-7-13)28-15-10-16(24)23(17(15)25)14-8-2-11(3-9-14)18(26)27/h2-9,15H,10H2,1H3,(H,21,22)(H,26,27). The molecule has 2 N–H and O–H groups in total. The summed E-state index contributed by atoms with van der Waals surface area (Å²) in [6, 6.07) is 11.2. The number of imide groups is 1. The molecule has 0 aliphatic carbocycles. The lowest BCUT2D eigenvalue weighted by Crippen LogP contribution is -2.31. The van der Waals surface area contributed by atoms with E-state index in [2.05, 4.69) is 10.3 Å². The van der Waals surface area contributed by atoms with Crippen molar-refractivity contribution in [3.05, 3.63) is 59.9 Å². The normalized spacial score (nSPS) is 17.1. The zero-order valence-electron chi connectivity index (χ0n) is 14.8. The predicted molar refractivity (Wildman–Crippen MR) is 105 cm³/mol.